The number of carbonyl (C=O) groups is 2. The predicted molar refractivity (Wildman–Crippen MR) is 79.2 cm³/mol. The van der Waals surface area contributed by atoms with E-state index in [0.717, 1.165) is 31.4 Å². The molecule has 0 aromatic heterocycles. The van der Waals surface area contributed by atoms with Crippen LogP contribution >= 0.6 is 0 Å². The first-order chi connectivity index (χ1) is 10.1. The number of anilines is 1. The van der Waals surface area contributed by atoms with Gasteiger partial charge in [-0.05, 0) is 37.5 Å². The molecular weight excluding hydrogens is 270 g/mol. The fourth-order valence-electron chi connectivity index (χ4n) is 2.79. The summed E-state index contributed by atoms with van der Waals surface area (Å²) in [6, 6.07) is 7.43. The van der Waals surface area contributed by atoms with Gasteiger partial charge in [0.05, 0.1) is 25.7 Å². The Kier molecular flexibility index (Phi) is 5.20. The van der Waals surface area contributed by atoms with Crippen molar-refractivity contribution in [3.63, 3.8) is 0 Å². The summed E-state index contributed by atoms with van der Waals surface area (Å²) in [4.78, 5) is 23.2. The van der Waals surface area contributed by atoms with Crippen molar-refractivity contribution < 1.29 is 19.1 Å². The smallest absolute Gasteiger partial charge is 0.337 e. The maximum Gasteiger partial charge on any atom is 0.337 e. The average Bonchev–Trinajstić information content (AvgIpc) is 2.53. The van der Waals surface area contributed by atoms with Gasteiger partial charge in [-0.15, -0.1) is 0 Å². The fourth-order valence-corrected chi connectivity index (χ4v) is 2.79. The summed E-state index contributed by atoms with van der Waals surface area (Å²) in [6.07, 6.45) is 3.65. The highest BCUT2D eigenvalue weighted by atomic mass is 16.5. The minimum absolute atomic E-state index is 0.0370. The Morgan fingerprint density at radius 3 is 2.71 bits per heavy atom. The molecule has 1 fully saturated rings. The van der Waals surface area contributed by atoms with Crippen LogP contribution in [0.25, 0.3) is 0 Å². The van der Waals surface area contributed by atoms with Crippen LogP contribution in [0.3, 0.4) is 0 Å². The molecule has 2 rings (SSSR count). The van der Waals surface area contributed by atoms with Gasteiger partial charge in [0, 0.05) is 11.7 Å². The molecule has 0 heterocycles. The molecule has 5 nitrogen and oxygen atoms in total. The zero-order valence-electron chi connectivity index (χ0n) is 12.4. The van der Waals surface area contributed by atoms with Gasteiger partial charge in [0.1, 0.15) is 0 Å². The lowest BCUT2D eigenvalue weighted by Crippen LogP contribution is -2.31. The van der Waals surface area contributed by atoms with Crippen LogP contribution in [0.1, 0.15) is 36.0 Å². The van der Waals surface area contributed by atoms with Crippen LogP contribution in [0.5, 0.6) is 0 Å². The summed E-state index contributed by atoms with van der Waals surface area (Å²) in [7, 11) is 2.80. The van der Waals surface area contributed by atoms with Crippen LogP contribution in [0, 0.1) is 5.92 Å². The SMILES string of the molecule is COC(=O)c1cccc(NC2CCCC(C(=O)OC)C2)c1. The summed E-state index contributed by atoms with van der Waals surface area (Å²) in [5.74, 6) is -0.524. The quantitative estimate of drug-likeness (QED) is 0.864. The lowest BCUT2D eigenvalue weighted by atomic mass is 9.85. The number of methoxy groups -OCH3 is 2. The number of carbonyl (C=O) groups excluding carboxylic acids is 2. The van der Waals surface area contributed by atoms with E-state index in [1.54, 1.807) is 12.1 Å². The molecular formula is C16H21NO4. The van der Waals surface area contributed by atoms with Crippen molar-refractivity contribution in [1.82, 2.24) is 0 Å². The molecule has 0 saturated heterocycles. The van der Waals surface area contributed by atoms with E-state index in [0.29, 0.717) is 5.56 Å². The van der Waals surface area contributed by atoms with E-state index in [-0.39, 0.29) is 23.9 Å². The molecule has 1 aliphatic carbocycles. The van der Waals surface area contributed by atoms with Crippen molar-refractivity contribution in [2.45, 2.75) is 31.7 Å². The number of ether oxygens (including phenoxy) is 2. The third-order valence-electron chi connectivity index (χ3n) is 3.86. The number of benzene rings is 1. The van der Waals surface area contributed by atoms with E-state index in [2.05, 4.69) is 5.32 Å². The number of hydrogen-bond donors (Lipinski definition) is 1. The van der Waals surface area contributed by atoms with Gasteiger partial charge in [-0.3, -0.25) is 4.79 Å². The van der Waals surface area contributed by atoms with Crippen molar-refractivity contribution in [2.24, 2.45) is 5.92 Å². The van der Waals surface area contributed by atoms with E-state index in [4.69, 9.17) is 9.47 Å². The van der Waals surface area contributed by atoms with Gasteiger partial charge in [0.2, 0.25) is 0 Å². The van der Waals surface area contributed by atoms with Crippen LogP contribution in [-0.2, 0) is 14.3 Å². The molecule has 1 aliphatic rings. The second-order valence-electron chi connectivity index (χ2n) is 5.30. The molecule has 0 amide bonds. The number of rotatable bonds is 4. The highest BCUT2D eigenvalue weighted by Gasteiger charge is 2.27. The molecule has 1 aromatic rings. The van der Waals surface area contributed by atoms with Crippen LogP contribution in [0.15, 0.2) is 24.3 Å². The molecule has 0 aliphatic heterocycles. The first-order valence-corrected chi connectivity index (χ1v) is 7.16. The van der Waals surface area contributed by atoms with E-state index < -0.39 is 0 Å². The first-order valence-electron chi connectivity index (χ1n) is 7.16. The molecule has 5 heteroatoms. The molecule has 1 saturated carbocycles. The zero-order chi connectivity index (χ0) is 15.2. The van der Waals surface area contributed by atoms with Crippen LogP contribution in [0.4, 0.5) is 5.69 Å². The van der Waals surface area contributed by atoms with Crippen molar-refractivity contribution in [2.75, 3.05) is 19.5 Å². The van der Waals surface area contributed by atoms with Gasteiger partial charge >= 0.3 is 11.9 Å². The summed E-state index contributed by atoms with van der Waals surface area (Å²) in [6.45, 7) is 0. The van der Waals surface area contributed by atoms with E-state index in [1.165, 1.54) is 14.2 Å². The molecule has 114 valence electrons. The lowest BCUT2D eigenvalue weighted by molar-refractivity contribution is -0.146. The highest BCUT2D eigenvalue weighted by Crippen LogP contribution is 2.27. The normalized spacial score (nSPS) is 21.4. The van der Waals surface area contributed by atoms with Crippen molar-refractivity contribution in [3.05, 3.63) is 29.8 Å². The molecule has 2 atom stereocenters. The van der Waals surface area contributed by atoms with Crippen molar-refractivity contribution in [3.8, 4) is 0 Å². The number of hydrogen-bond acceptors (Lipinski definition) is 5. The molecule has 1 N–H and O–H groups in total. The highest BCUT2D eigenvalue weighted by molar-refractivity contribution is 5.90. The Balaban J connectivity index is 2.01. The fraction of sp³-hybridized carbons (Fsp3) is 0.500. The van der Waals surface area contributed by atoms with Gasteiger partial charge in [-0.2, -0.15) is 0 Å². The maximum atomic E-state index is 11.6. The maximum absolute atomic E-state index is 11.6. The average molecular weight is 291 g/mol. The first kappa shape index (κ1) is 15.4. The summed E-state index contributed by atoms with van der Waals surface area (Å²) in [5.41, 5.74) is 1.39. The number of esters is 2. The van der Waals surface area contributed by atoms with Gasteiger partial charge in [0.15, 0.2) is 0 Å². The van der Waals surface area contributed by atoms with E-state index in [9.17, 15) is 9.59 Å². The second kappa shape index (κ2) is 7.11. The Morgan fingerprint density at radius 1 is 1.19 bits per heavy atom. The second-order valence-corrected chi connectivity index (χ2v) is 5.30. The molecule has 0 radical (unpaired) electrons. The Morgan fingerprint density at radius 2 is 2.00 bits per heavy atom. The molecule has 21 heavy (non-hydrogen) atoms. The summed E-state index contributed by atoms with van der Waals surface area (Å²) >= 11 is 0. The van der Waals surface area contributed by atoms with Gasteiger partial charge in [-0.1, -0.05) is 12.5 Å². The molecule has 0 bridgehead atoms. The van der Waals surface area contributed by atoms with Crippen molar-refractivity contribution >= 4 is 17.6 Å². The van der Waals surface area contributed by atoms with Gasteiger partial charge in [0.25, 0.3) is 0 Å². The topological polar surface area (TPSA) is 64.6 Å². The standard InChI is InChI=1S/C16H21NO4/c1-20-15(18)11-5-3-7-13(9-11)17-14-8-4-6-12(10-14)16(19)21-2/h3,5,7,9,12,14,17H,4,6,8,10H2,1-2H3. The molecule has 0 spiro atoms. The van der Waals surface area contributed by atoms with E-state index >= 15 is 0 Å². The minimum Gasteiger partial charge on any atom is -0.469 e. The van der Waals surface area contributed by atoms with Crippen LogP contribution < -0.4 is 5.32 Å². The molecule has 2 unspecified atom stereocenters. The van der Waals surface area contributed by atoms with Gasteiger partial charge in [-0.25, -0.2) is 4.79 Å². The summed E-state index contributed by atoms with van der Waals surface area (Å²) in [5, 5.41) is 3.39. The number of nitrogens with one attached hydrogen (secondary N) is 1. The molecule has 1 aromatic carbocycles. The monoisotopic (exact) mass is 291 g/mol. The van der Waals surface area contributed by atoms with Crippen LogP contribution in [0.2, 0.25) is 0 Å². The van der Waals surface area contributed by atoms with Crippen molar-refractivity contribution in [1.29, 1.82) is 0 Å². The Hall–Kier alpha value is -2.04. The third kappa shape index (κ3) is 3.97. The van der Waals surface area contributed by atoms with E-state index in [1.807, 2.05) is 12.1 Å². The lowest BCUT2D eigenvalue weighted by Gasteiger charge is -2.29. The zero-order valence-corrected chi connectivity index (χ0v) is 12.4. The third-order valence-corrected chi connectivity index (χ3v) is 3.86. The largest absolute Gasteiger partial charge is 0.469 e. The predicted octanol–water partition coefficient (Wildman–Crippen LogP) is 2.62. The minimum atomic E-state index is -0.352. The Labute approximate surface area is 124 Å². The van der Waals surface area contributed by atoms with Gasteiger partial charge < -0.3 is 14.8 Å². The summed E-state index contributed by atoms with van der Waals surface area (Å²) < 4.78 is 9.54. The Bertz CT molecular complexity index is 515. The van der Waals surface area contributed by atoms with Crippen LogP contribution in [-0.4, -0.2) is 32.2 Å².